The van der Waals surface area contributed by atoms with Gasteiger partial charge in [0.05, 0.1) is 5.56 Å². The molecule has 2 aromatic carbocycles. The highest BCUT2D eigenvalue weighted by Gasteiger charge is 2.35. The van der Waals surface area contributed by atoms with Crippen LogP contribution in [0.25, 0.3) is 22.3 Å². The summed E-state index contributed by atoms with van der Waals surface area (Å²) in [5.41, 5.74) is 7.95. The smallest absolute Gasteiger partial charge is 0.383 e. The molecule has 3 N–H and O–H groups in total. The second-order valence-corrected chi connectivity index (χ2v) is 10.8. The summed E-state index contributed by atoms with van der Waals surface area (Å²) in [6, 6.07) is 11.1. The molecular weight excluding hydrogens is 508 g/mol. The topological polar surface area (TPSA) is 71.2 Å². The number of alkyl halides is 3. The van der Waals surface area contributed by atoms with Crippen molar-refractivity contribution in [3.05, 3.63) is 70.7 Å². The lowest BCUT2D eigenvalue weighted by atomic mass is 9.86. The highest BCUT2D eigenvalue weighted by Crippen LogP contribution is 2.39. The van der Waals surface area contributed by atoms with Crippen molar-refractivity contribution in [2.75, 3.05) is 25.4 Å². The zero-order valence-corrected chi connectivity index (χ0v) is 22.0. The molecule has 3 heterocycles. The number of halogens is 4. The largest absolute Gasteiger partial charge is 0.416 e. The maximum atomic E-state index is 15.0. The summed E-state index contributed by atoms with van der Waals surface area (Å²) in [5.74, 6) is -1.01. The molecule has 0 radical (unpaired) electrons. The first-order valence-corrected chi connectivity index (χ1v) is 13.3. The molecule has 1 aromatic heterocycles. The highest BCUT2D eigenvalue weighted by atomic mass is 19.4. The molecule has 1 fully saturated rings. The Morgan fingerprint density at radius 1 is 1.03 bits per heavy atom. The first kappa shape index (κ1) is 27.1. The number of carbonyl (C=O) groups excluding carboxylic acids is 1. The van der Waals surface area contributed by atoms with Crippen LogP contribution in [0, 0.1) is 11.9 Å². The minimum Gasteiger partial charge on any atom is -0.383 e. The molecule has 0 bridgehead atoms. The third-order valence-corrected chi connectivity index (χ3v) is 7.96. The molecule has 0 aliphatic carbocycles. The molecule has 2 aliphatic heterocycles. The van der Waals surface area contributed by atoms with Crippen molar-refractivity contribution in [1.29, 1.82) is 0 Å². The summed E-state index contributed by atoms with van der Waals surface area (Å²) in [6.07, 6.45) is -1.93. The molecule has 0 saturated carbocycles. The maximum Gasteiger partial charge on any atom is 0.416 e. The fourth-order valence-electron chi connectivity index (χ4n) is 5.70. The van der Waals surface area contributed by atoms with Gasteiger partial charge in [-0.15, -0.1) is 0 Å². The number of carbonyl (C=O) groups is 1. The molecule has 2 aliphatic rings. The molecule has 0 unspecified atom stereocenters. The van der Waals surface area contributed by atoms with Gasteiger partial charge in [-0.1, -0.05) is 24.3 Å². The molecule has 0 spiro atoms. The molecule has 1 amide bonds. The van der Waals surface area contributed by atoms with E-state index in [2.05, 4.69) is 29.0 Å². The Balaban J connectivity index is 1.48. The molecule has 0 atom stereocenters. The number of anilines is 1. The molecule has 1 saturated heterocycles. The van der Waals surface area contributed by atoms with Gasteiger partial charge in [0.15, 0.2) is 0 Å². The second-order valence-electron chi connectivity index (χ2n) is 10.8. The van der Waals surface area contributed by atoms with Crippen molar-refractivity contribution in [3.8, 4) is 22.3 Å². The maximum absolute atomic E-state index is 15.0. The van der Waals surface area contributed by atoms with Crippen molar-refractivity contribution < 1.29 is 22.4 Å². The lowest BCUT2D eigenvalue weighted by molar-refractivity contribution is -0.138. The Kier molecular flexibility index (Phi) is 7.37. The van der Waals surface area contributed by atoms with Crippen LogP contribution < -0.4 is 11.1 Å². The third-order valence-electron chi connectivity index (χ3n) is 7.96. The van der Waals surface area contributed by atoms with Gasteiger partial charge in [0.1, 0.15) is 5.82 Å². The molecular formula is C30H32F4N4O. The summed E-state index contributed by atoms with van der Waals surface area (Å²) in [4.78, 5) is 18.3. The standard InChI is InChI=1S/C30H32F4N4O/c1-17(2)38-11-8-18(9-12-38)13-22-4-3-20(15-26(22)30(32,33)34)24-16-25(28(35)37-27(24)31)19-5-6-23-21(14-19)7-10-36-29(23)39/h3-6,14-18H,7-13H2,1-2H3,(H2,35,37)(H,36,39). The van der Waals surface area contributed by atoms with E-state index in [9.17, 15) is 18.0 Å². The third kappa shape index (κ3) is 5.64. The SMILES string of the molecule is CC(C)N1CCC(Cc2ccc(-c3cc(-c4ccc5c(c4)CCNC5=O)c(N)nc3F)cc2C(F)(F)F)CC1. The van der Waals surface area contributed by atoms with E-state index in [0.717, 1.165) is 37.6 Å². The summed E-state index contributed by atoms with van der Waals surface area (Å²) in [5, 5.41) is 2.78. The van der Waals surface area contributed by atoms with Crippen molar-refractivity contribution in [3.63, 3.8) is 0 Å². The lowest BCUT2D eigenvalue weighted by Gasteiger charge is -2.35. The van der Waals surface area contributed by atoms with Crippen LogP contribution in [0.1, 0.15) is 53.7 Å². The van der Waals surface area contributed by atoms with Gasteiger partial charge in [0.25, 0.3) is 5.91 Å². The van der Waals surface area contributed by atoms with Crippen molar-refractivity contribution in [2.45, 2.75) is 51.7 Å². The van der Waals surface area contributed by atoms with Crippen LogP contribution in [0.2, 0.25) is 0 Å². The van der Waals surface area contributed by atoms with E-state index in [1.807, 2.05) is 0 Å². The van der Waals surface area contributed by atoms with Gasteiger partial charge < -0.3 is 16.0 Å². The molecule has 39 heavy (non-hydrogen) atoms. The van der Waals surface area contributed by atoms with Crippen LogP contribution in [0.5, 0.6) is 0 Å². The number of hydrogen-bond donors (Lipinski definition) is 2. The van der Waals surface area contributed by atoms with Crippen LogP contribution >= 0.6 is 0 Å². The molecule has 206 valence electrons. The average Bonchev–Trinajstić information content (AvgIpc) is 2.89. The Hall–Kier alpha value is -3.46. The minimum absolute atomic E-state index is 0.0584. The number of piperidine rings is 1. The molecule has 5 rings (SSSR count). The number of aromatic nitrogens is 1. The van der Waals surface area contributed by atoms with Crippen LogP contribution in [0.15, 0.2) is 42.5 Å². The molecule has 5 nitrogen and oxygen atoms in total. The van der Waals surface area contributed by atoms with E-state index in [4.69, 9.17) is 5.73 Å². The van der Waals surface area contributed by atoms with E-state index in [1.54, 1.807) is 18.2 Å². The lowest BCUT2D eigenvalue weighted by Crippen LogP contribution is -2.38. The predicted octanol–water partition coefficient (Wildman–Crippen LogP) is 6.10. The van der Waals surface area contributed by atoms with E-state index < -0.39 is 17.7 Å². The fraction of sp³-hybridized carbons (Fsp3) is 0.400. The summed E-state index contributed by atoms with van der Waals surface area (Å²) in [6.45, 7) is 6.50. The number of hydrogen-bond acceptors (Lipinski definition) is 4. The van der Waals surface area contributed by atoms with Crippen LogP contribution in [-0.2, 0) is 19.0 Å². The zero-order valence-electron chi connectivity index (χ0n) is 22.0. The quantitative estimate of drug-likeness (QED) is 0.303. The summed E-state index contributed by atoms with van der Waals surface area (Å²) in [7, 11) is 0. The zero-order chi connectivity index (χ0) is 27.9. The van der Waals surface area contributed by atoms with Gasteiger partial charge in [-0.05, 0) is 99.0 Å². The average molecular weight is 541 g/mol. The van der Waals surface area contributed by atoms with Gasteiger partial charge in [-0.25, -0.2) is 4.98 Å². The first-order chi connectivity index (χ1) is 18.5. The van der Waals surface area contributed by atoms with Gasteiger partial charge in [-0.2, -0.15) is 17.6 Å². The van der Waals surface area contributed by atoms with Crippen molar-refractivity contribution in [1.82, 2.24) is 15.2 Å². The van der Waals surface area contributed by atoms with Crippen molar-refractivity contribution in [2.24, 2.45) is 5.92 Å². The number of nitrogen functional groups attached to an aromatic ring is 1. The fourth-order valence-corrected chi connectivity index (χ4v) is 5.70. The highest BCUT2D eigenvalue weighted by molar-refractivity contribution is 5.97. The predicted molar refractivity (Wildman–Crippen MR) is 144 cm³/mol. The number of pyridine rings is 1. The Bertz CT molecular complexity index is 1390. The van der Waals surface area contributed by atoms with E-state index in [-0.39, 0.29) is 34.3 Å². The Morgan fingerprint density at radius 2 is 1.72 bits per heavy atom. The Labute approximate surface area is 225 Å². The van der Waals surface area contributed by atoms with Gasteiger partial charge in [0.2, 0.25) is 5.95 Å². The summed E-state index contributed by atoms with van der Waals surface area (Å²) < 4.78 is 57.6. The summed E-state index contributed by atoms with van der Waals surface area (Å²) >= 11 is 0. The number of benzene rings is 2. The van der Waals surface area contributed by atoms with Crippen LogP contribution in [-0.4, -0.2) is 41.5 Å². The molecule has 9 heteroatoms. The van der Waals surface area contributed by atoms with Crippen molar-refractivity contribution >= 4 is 11.7 Å². The number of nitrogens with one attached hydrogen (secondary N) is 1. The number of rotatable bonds is 5. The number of likely N-dealkylation sites (tertiary alicyclic amines) is 1. The first-order valence-electron chi connectivity index (χ1n) is 13.3. The normalized spacial score (nSPS) is 16.8. The van der Waals surface area contributed by atoms with E-state index >= 15 is 4.39 Å². The number of amides is 1. The molecule has 3 aromatic rings. The van der Waals surface area contributed by atoms with Crippen LogP contribution in [0.4, 0.5) is 23.4 Å². The Morgan fingerprint density at radius 3 is 2.41 bits per heavy atom. The van der Waals surface area contributed by atoms with Gasteiger partial charge in [-0.3, -0.25) is 4.79 Å². The van der Waals surface area contributed by atoms with E-state index in [0.29, 0.717) is 42.1 Å². The monoisotopic (exact) mass is 540 g/mol. The van der Waals surface area contributed by atoms with Gasteiger partial charge in [0, 0.05) is 29.3 Å². The van der Waals surface area contributed by atoms with Crippen LogP contribution in [0.3, 0.4) is 0 Å². The minimum atomic E-state index is -4.58. The number of fused-ring (bicyclic) bond motifs is 1. The van der Waals surface area contributed by atoms with E-state index in [1.165, 1.54) is 18.2 Å². The van der Waals surface area contributed by atoms with Gasteiger partial charge >= 0.3 is 6.18 Å². The number of nitrogens with two attached hydrogens (primary N) is 1. The number of nitrogens with zero attached hydrogens (tertiary/aromatic N) is 2. The second kappa shape index (κ2) is 10.6.